The number of carbonyl (C=O) groups excluding carboxylic acids is 2. The molecule has 1 rings (SSSR count). The van der Waals surface area contributed by atoms with E-state index in [1.807, 2.05) is 6.92 Å². The van der Waals surface area contributed by atoms with Crippen LogP contribution >= 0.6 is 0 Å². The van der Waals surface area contributed by atoms with Crippen molar-refractivity contribution in [2.45, 2.75) is 51.0 Å². The van der Waals surface area contributed by atoms with Crippen molar-refractivity contribution in [1.29, 1.82) is 0 Å². The summed E-state index contributed by atoms with van der Waals surface area (Å²) >= 11 is 0. The standard InChI is InChI=1S/C13H25N3O2/c1-3-9-15-11(17)10-16(2)12(18)13(14)7-5-4-6-8-13/h3-10,14H2,1-2H3,(H,15,17). The van der Waals surface area contributed by atoms with Crippen LogP contribution in [0.25, 0.3) is 0 Å². The minimum Gasteiger partial charge on any atom is -0.355 e. The van der Waals surface area contributed by atoms with Crippen LogP contribution in [-0.2, 0) is 9.59 Å². The lowest BCUT2D eigenvalue weighted by Gasteiger charge is -2.35. The third-order valence-electron chi connectivity index (χ3n) is 3.47. The Morgan fingerprint density at radius 3 is 2.44 bits per heavy atom. The zero-order valence-electron chi connectivity index (χ0n) is 11.5. The summed E-state index contributed by atoms with van der Waals surface area (Å²) < 4.78 is 0. The summed E-state index contributed by atoms with van der Waals surface area (Å²) in [5.74, 6) is -0.221. The fourth-order valence-corrected chi connectivity index (χ4v) is 2.38. The molecule has 0 aromatic rings. The molecular weight excluding hydrogens is 230 g/mol. The second-order valence-corrected chi connectivity index (χ2v) is 5.23. The summed E-state index contributed by atoms with van der Waals surface area (Å²) in [5, 5.41) is 2.76. The molecule has 1 aliphatic carbocycles. The van der Waals surface area contributed by atoms with Crippen LogP contribution in [0.3, 0.4) is 0 Å². The molecule has 5 nitrogen and oxygen atoms in total. The first-order valence-electron chi connectivity index (χ1n) is 6.81. The van der Waals surface area contributed by atoms with Crippen LogP contribution < -0.4 is 11.1 Å². The fourth-order valence-electron chi connectivity index (χ4n) is 2.38. The molecular formula is C13H25N3O2. The van der Waals surface area contributed by atoms with Gasteiger partial charge in [-0.1, -0.05) is 26.2 Å². The number of nitrogens with zero attached hydrogens (tertiary/aromatic N) is 1. The van der Waals surface area contributed by atoms with Gasteiger partial charge in [0.1, 0.15) is 0 Å². The fraction of sp³-hybridized carbons (Fsp3) is 0.846. The molecule has 0 aliphatic heterocycles. The highest BCUT2D eigenvalue weighted by Crippen LogP contribution is 2.27. The number of nitrogens with one attached hydrogen (secondary N) is 1. The van der Waals surface area contributed by atoms with Crippen molar-refractivity contribution in [2.24, 2.45) is 5.73 Å². The molecule has 1 fully saturated rings. The van der Waals surface area contributed by atoms with Crippen LogP contribution in [0, 0.1) is 0 Å². The zero-order chi connectivity index (χ0) is 13.6. The van der Waals surface area contributed by atoms with Crippen LogP contribution in [0.15, 0.2) is 0 Å². The number of carbonyl (C=O) groups is 2. The van der Waals surface area contributed by atoms with Gasteiger partial charge in [0.05, 0.1) is 12.1 Å². The van der Waals surface area contributed by atoms with E-state index in [1.54, 1.807) is 7.05 Å². The van der Waals surface area contributed by atoms with Gasteiger partial charge in [-0.2, -0.15) is 0 Å². The van der Waals surface area contributed by atoms with Gasteiger partial charge in [0.2, 0.25) is 11.8 Å². The van der Waals surface area contributed by atoms with Crippen LogP contribution in [0.4, 0.5) is 0 Å². The molecule has 0 aromatic heterocycles. The van der Waals surface area contributed by atoms with E-state index >= 15 is 0 Å². The van der Waals surface area contributed by atoms with E-state index < -0.39 is 5.54 Å². The van der Waals surface area contributed by atoms with Gasteiger partial charge in [-0.25, -0.2) is 0 Å². The quantitative estimate of drug-likeness (QED) is 0.756. The monoisotopic (exact) mass is 255 g/mol. The molecule has 0 saturated heterocycles. The first-order valence-corrected chi connectivity index (χ1v) is 6.81. The minimum atomic E-state index is -0.752. The maximum atomic E-state index is 12.3. The van der Waals surface area contributed by atoms with Crippen molar-refractivity contribution in [3.8, 4) is 0 Å². The topological polar surface area (TPSA) is 75.4 Å². The lowest BCUT2D eigenvalue weighted by Crippen LogP contribution is -2.56. The first kappa shape index (κ1) is 15.0. The highest BCUT2D eigenvalue weighted by atomic mass is 16.2. The Labute approximate surface area is 109 Å². The molecule has 2 amide bonds. The zero-order valence-corrected chi connectivity index (χ0v) is 11.5. The highest BCUT2D eigenvalue weighted by molar-refractivity contribution is 5.90. The Morgan fingerprint density at radius 2 is 1.89 bits per heavy atom. The third kappa shape index (κ3) is 3.98. The smallest absolute Gasteiger partial charge is 0.242 e. The molecule has 0 unspecified atom stereocenters. The molecule has 0 aromatic carbocycles. The molecule has 5 heteroatoms. The number of hydrogen-bond acceptors (Lipinski definition) is 3. The van der Waals surface area contributed by atoms with Crippen molar-refractivity contribution in [1.82, 2.24) is 10.2 Å². The van der Waals surface area contributed by atoms with Crippen molar-refractivity contribution in [2.75, 3.05) is 20.1 Å². The average Bonchev–Trinajstić information content (AvgIpc) is 2.36. The summed E-state index contributed by atoms with van der Waals surface area (Å²) in [6.07, 6.45) is 5.49. The van der Waals surface area contributed by atoms with Gasteiger partial charge in [-0.3, -0.25) is 9.59 Å². The Morgan fingerprint density at radius 1 is 1.28 bits per heavy atom. The summed E-state index contributed by atoms with van der Waals surface area (Å²) in [6.45, 7) is 2.73. The molecule has 0 radical (unpaired) electrons. The molecule has 104 valence electrons. The molecule has 0 heterocycles. The van der Waals surface area contributed by atoms with Gasteiger partial charge in [0.25, 0.3) is 0 Å². The Hall–Kier alpha value is -1.10. The van der Waals surface area contributed by atoms with E-state index in [0.29, 0.717) is 6.54 Å². The van der Waals surface area contributed by atoms with E-state index in [9.17, 15) is 9.59 Å². The molecule has 0 bridgehead atoms. The number of hydrogen-bond donors (Lipinski definition) is 2. The van der Waals surface area contributed by atoms with Crippen LogP contribution in [0.5, 0.6) is 0 Å². The summed E-state index contributed by atoms with van der Waals surface area (Å²) in [6, 6.07) is 0. The van der Waals surface area contributed by atoms with Gasteiger partial charge in [0.15, 0.2) is 0 Å². The van der Waals surface area contributed by atoms with Gasteiger partial charge in [-0.15, -0.1) is 0 Å². The van der Waals surface area contributed by atoms with Gasteiger partial charge < -0.3 is 16.0 Å². The van der Waals surface area contributed by atoms with E-state index in [0.717, 1.165) is 38.5 Å². The highest BCUT2D eigenvalue weighted by Gasteiger charge is 2.37. The molecule has 1 saturated carbocycles. The Bertz CT molecular complexity index is 299. The molecule has 18 heavy (non-hydrogen) atoms. The number of amides is 2. The van der Waals surface area contributed by atoms with Gasteiger partial charge in [0, 0.05) is 13.6 Å². The predicted molar refractivity (Wildman–Crippen MR) is 70.9 cm³/mol. The molecule has 3 N–H and O–H groups in total. The second-order valence-electron chi connectivity index (χ2n) is 5.23. The SMILES string of the molecule is CCCNC(=O)CN(C)C(=O)C1(N)CCCCC1. The number of rotatable bonds is 5. The van der Waals surface area contributed by atoms with Crippen LogP contribution in [-0.4, -0.2) is 42.4 Å². The number of nitrogens with two attached hydrogens (primary N) is 1. The normalized spacial score (nSPS) is 18.2. The lowest BCUT2D eigenvalue weighted by molar-refractivity contribution is -0.140. The van der Waals surface area contributed by atoms with Crippen molar-refractivity contribution < 1.29 is 9.59 Å². The molecule has 0 atom stereocenters. The van der Waals surface area contributed by atoms with Gasteiger partial charge >= 0.3 is 0 Å². The first-order chi connectivity index (χ1) is 8.49. The molecule has 0 spiro atoms. The third-order valence-corrected chi connectivity index (χ3v) is 3.47. The summed E-state index contributed by atoms with van der Waals surface area (Å²) in [7, 11) is 1.65. The van der Waals surface area contributed by atoms with Gasteiger partial charge in [-0.05, 0) is 19.3 Å². The van der Waals surface area contributed by atoms with Crippen molar-refractivity contribution in [3.63, 3.8) is 0 Å². The second kappa shape index (κ2) is 6.73. The number of likely N-dealkylation sites (N-methyl/N-ethyl adjacent to an activating group) is 1. The van der Waals surface area contributed by atoms with Crippen LogP contribution in [0.1, 0.15) is 45.4 Å². The van der Waals surface area contributed by atoms with E-state index in [-0.39, 0.29) is 18.4 Å². The Kier molecular flexibility index (Phi) is 5.59. The van der Waals surface area contributed by atoms with E-state index in [4.69, 9.17) is 5.73 Å². The van der Waals surface area contributed by atoms with Crippen LogP contribution in [0.2, 0.25) is 0 Å². The minimum absolute atomic E-state index is 0.0950. The van der Waals surface area contributed by atoms with E-state index in [2.05, 4.69) is 5.32 Å². The maximum Gasteiger partial charge on any atom is 0.242 e. The lowest BCUT2D eigenvalue weighted by atomic mass is 9.81. The van der Waals surface area contributed by atoms with Crippen molar-refractivity contribution >= 4 is 11.8 Å². The largest absolute Gasteiger partial charge is 0.355 e. The van der Waals surface area contributed by atoms with Crippen molar-refractivity contribution in [3.05, 3.63) is 0 Å². The maximum absolute atomic E-state index is 12.3. The summed E-state index contributed by atoms with van der Waals surface area (Å²) in [4.78, 5) is 25.3. The average molecular weight is 255 g/mol. The Balaban J connectivity index is 2.47. The van der Waals surface area contributed by atoms with E-state index in [1.165, 1.54) is 4.90 Å². The predicted octanol–water partition coefficient (Wildman–Crippen LogP) is 0.633. The summed E-state index contributed by atoms with van der Waals surface area (Å²) in [5.41, 5.74) is 5.40. The molecule has 1 aliphatic rings.